The van der Waals surface area contributed by atoms with E-state index in [2.05, 4.69) is 0 Å². The summed E-state index contributed by atoms with van der Waals surface area (Å²) in [5, 5.41) is 0. The Morgan fingerprint density at radius 1 is 1.26 bits per heavy atom. The minimum absolute atomic E-state index is 0.0253. The van der Waals surface area contributed by atoms with Crippen LogP contribution in [-0.2, 0) is 14.8 Å². The highest BCUT2D eigenvalue weighted by molar-refractivity contribution is 7.89. The van der Waals surface area contributed by atoms with Gasteiger partial charge in [0.25, 0.3) is 0 Å². The molecule has 128 valence electrons. The second-order valence-electron chi connectivity index (χ2n) is 6.16. The van der Waals surface area contributed by atoms with Gasteiger partial charge in [0, 0.05) is 13.1 Å². The molecule has 23 heavy (non-hydrogen) atoms. The number of amides is 1. The van der Waals surface area contributed by atoms with Crippen molar-refractivity contribution in [1.29, 1.82) is 0 Å². The normalized spacial score (nSPS) is 20.0. The lowest BCUT2D eigenvalue weighted by molar-refractivity contribution is -0.137. The summed E-state index contributed by atoms with van der Waals surface area (Å²) in [6.45, 7) is 6.69. The Balaban J connectivity index is 2.42. The van der Waals surface area contributed by atoms with Gasteiger partial charge in [-0.2, -0.15) is 4.31 Å². The van der Waals surface area contributed by atoms with Crippen LogP contribution in [-0.4, -0.2) is 48.7 Å². The summed E-state index contributed by atoms with van der Waals surface area (Å²) in [4.78, 5) is 14.0. The zero-order valence-corrected chi connectivity index (χ0v) is 15.3. The molecule has 2 rings (SSSR count). The van der Waals surface area contributed by atoms with Gasteiger partial charge in [-0.3, -0.25) is 4.79 Å². The zero-order chi connectivity index (χ0) is 17.2. The second-order valence-corrected chi connectivity index (χ2v) is 8.32. The number of alkyl halides is 1. The monoisotopic (exact) mass is 358 g/mol. The van der Waals surface area contributed by atoms with Crippen LogP contribution in [0.25, 0.3) is 0 Å². The van der Waals surface area contributed by atoms with E-state index in [-0.39, 0.29) is 22.6 Å². The van der Waals surface area contributed by atoms with E-state index in [4.69, 9.17) is 11.6 Å². The fourth-order valence-electron chi connectivity index (χ4n) is 2.97. The Kier molecular flexibility index (Phi) is 5.70. The second kappa shape index (κ2) is 7.20. The summed E-state index contributed by atoms with van der Waals surface area (Å²) in [6.07, 6.45) is 0.109. The molecule has 1 fully saturated rings. The molecular formula is C16H23ClN2O3S. The number of hydrogen-bond acceptors (Lipinski definition) is 3. The lowest BCUT2D eigenvalue weighted by Crippen LogP contribution is -2.60. The summed E-state index contributed by atoms with van der Waals surface area (Å²) in [5.41, 5.74) is 1.00. The summed E-state index contributed by atoms with van der Waals surface area (Å²) in [6, 6.07) is 6.79. The molecule has 0 N–H and O–H groups in total. The Bertz CT molecular complexity index is 658. The maximum Gasteiger partial charge on any atom is 0.244 e. The van der Waals surface area contributed by atoms with Crippen molar-refractivity contribution in [3.8, 4) is 0 Å². The third kappa shape index (κ3) is 3.70. The predicted molar refractivity (Wildman–Crippen MR) is 90.7 cm³/mol. The first-order valence-electron chi connectivity index (χ1n) is 7.73. The number of hydrogen-bond donors (Lipinski definition) is 0. The van der Waals surface area contributed by atoms with Crippen LogP contribution < -0.4 is 0 Å². The van der Waals surface area contributed by atoms with Gasteiger partial charge < -0.3 is 4.90 Å². The third-order valence-electron chi connectivity index (χ3n) is 4.05. The van der Waals surface area contributed by atoms with Crippen molar-refractivity contribution in [2.75, 3.05) is 19.0 Å². The molecule has 0 aromatic heterocycles. The highest BCUT2D eigenvalue weighted by Gasteiger charge is 2.40. The van der Waals surface area contributed by atoms with Crippen molar-refractivity contribution < 1.29 is 13.2 Å². The molecule has 1 heterocycles. The van der Waals surface area contributed by atoms with Crippen molar-refractivity contribution in [1.82, 2.24) is 9.21 Å². The first kappa shape index (κ1) is 18.2. The van der Waals surface area contributed by atoms with Crippen molar-refractivity contribution >= 4 is 27.5 Å². The van der Waals surface area contributed by atoms with E-state index in [0.29, 0.717) is 19.5 Å². The van der Waals surface area contributed by atoms with Gasteiger partial charge in [0.2, 0.25) is 15.9 Å². The minimum atomic E-state index is -3.65. The van der Waals surface area contributed by atoms with E-state index < -0.39 is 16.2 Å². The largest absolute Gasteiger partial charge is 0.325 e. The van der Waals surface area contributed by atoms with Crippen LogP contribution in [0.15, 0.2) is 29.2 Å². The fraction of sp³-hybridized carbons (Fsp3) is 0.562. The molecule has 1 aromatic carbocycles. The van der Waals surface area contributed by atoms with E-state index in [9.17, 15) is 13.2 Å². The summed E-state index contributed by atoms with van der Waals surface area (Å²) < 4.78 is 27.5. The quantitative estimate of drug-likeness (QED) is 0.777. The molecular weight excluding hydrogens is 336 g/mol. The van der Waals surface area contributed by atoms with Gasteiger partial charge in [0.1, 0.15) is 12.0 Å². The average molecular weight is 359 g/mol. The van der Waals surface area contributed by atoms with Gasteiger partial charge in [-0.25, -0.2) is 8.42 Å². The smallest absolute Gasteiger partial charge is 0.244 e. The highest BCUT2D eigenvalue weighted by atomic mass is 35.5. The molecule has 0 bridgehead atoms. The molecule has 1 aliphatic rings. The van der Waals surface area contributed by atoms with Crippen molar-refractivity contribution in [2.45, 2.75) is 38.3 Å². The third-order valence-corrected chi connectivity index (χ3v) is 6.16. The first-order valence-corrected chi connectivity index (χ1v) is 9.70. The average Bonchev–Trinajstić information content (AvgIpc) is 2.53. The molecule has 0 radical (unpaired) electrons. The predicted octanol–water partition coefficient (Wildman–Crippen LogP) is 2.44. The van der Waals surface area contributed by atoms with Crippen LogP contribution in [0.4, 0.5) is 0 Å². The van der Waals surface area contributed by atoms with Crippen LogP contribution >= 0.6 is 11.6 Å². The van der Waals surface area contributed by atoms with Gasteiger partial charge in [-0.15, -0.1) is 11.6 Å². The van der Waals surface area contributed by atoms with E-state index in [1.165, 1.54) is 4.31 Å². The van der Waals surface area contributed by atoms with E-state index in [1.807, 2.05) is 20.8 Å². The number of rotatable bonds is 4. The van der Waals surface area contributed by atoms with Crippen LogP contribution in [0.5, 0.6) is 0 Å². The summed E-state index contributed by atoms with van der Waals surface area (Å²) >= 11 is 5.69. The van der Waals surface area contributed by atoms with E-state index in [1.54, 1.807) is 29.2 Å². The lowest BCUT2D eigenvalue weighted by Gasteiger charge is -2.44. The molecule has 1 atom stereocenters. The Hall–Kier alpha value is -1.11. The Morgan fingerprint density at radius 3 is 2.39 bits per heavy atom. The van der Waals surface area contributed by atoms with Crippen LogP contribution in [0.1, 0.15) is 25.8 Å². The van der Waals surface area contributed by atoms with Crippen LogP contribution in [0.2, 0.25) is 0 Å². The Morgan fingerprint density at radius 2 is 1.87 bits per heavy atom. The topological polar surface area (TPSA) is 57.7 Å². The number of aryl methyl sites for hydroxylation is 1. The number of nitrogens with zero attached hydrogens (tertiary/aromatic N) is 2. The molecule has 1 aliphatic heterocycles. The standard InChI is InChI=1S/C16H23ClN2O3S/c1-12(2)16-18(15(20)11-17)9-4-10-19(16)23(21,22)14-7-5-13(3)6-8-14/h5-8,12,16H,4,9-11H2,1-3H3/t16-/m1/s1. The minimum Gasteiger partial charge on any atom is -0.325 e. The number of carbonyl (C=O) groups excluding carboxylic acids is 1. The number of carbonyl (C=O) groups is 1. The molecule has 0 unspecified atom stereocenters. The highest BCUT2D eigenvalue weighted by Crippen LogP contribution is 2.28. The molecule has 1 amide bonds. The maximum atomic E-state index is 13.0. The number of halogens is 1. The Labute approximate surface area is 143 Å². The first-order chi connectivity index (χ1) is 10.8. The van der Waals surface area contributed by atoms with Crippen molar-refractivity contribution in [3.63, 3.8) is 0 Å². The molecule has 7 heteroatoms. The van der Waals surface area contributed by atoms with Gasteiger partial charge in [0.15, 0.2) is 0 Å². The number of sulfonamides is 1. The lowest BCUT2D eigenvalue weighted by atomic mass is 10.1. The molecule has 0 aliphatic carbocycles. The van der Waals surface area contributed by atoms with Crippen molar-refractivity contribution in [3.05, 3.63) is 29.8 Å². The summed E-state index contributed by atoms with van der Waals surface area (Å²) in [5.74, 6) is -0.390. The van der Waals surface area contributed by atoms with Gasteiger partial charge in [-0.05, 0) is 31.4 Å². The van der Waals surface area contributed by atoms with Gasteiger partial charge in [-0.1, -0.05) is 31.5 Å². The zero-order valence-electron chi connectivity index (χ0n) is 13.7. The van der Waals surface area contributed by atoms with Crippen LogP contribution in [0.3, 0.4) is 0 Å². The molecule has 5 nitrogen and oxygen atoms in total. The number of benzene rings is 1. The van der Waals surface area contributed by atoms with Gasteiger partial charge >= 0.3 is 0 Å². The van der Waals surface area contributed by atoms with Crippen LogP contribution in [0, 0.1) is 12.8 Å². The maximum absolute atomic E-state index is 13.0. The van der Waals surface area contributed by atoms with E-state index >= 15 is 0 Å². The molecule has 1 aromatic rings. The van der Waals surface area contributed by atoms with Gasteiger partial charge in [0.05, 0.1) is 4.90 Å². The van der Waals surface area contributed by atoms with Crippen molar-refractivity contribution in [2.24, 2.45) is 5.92 Å². The summed E-state index contributed by atoms with van der Waals surface area (Å²) in [7, 11) is -3.65. The molecule has 0 spiro atoms. The fourth-order valence-corrected chi connectivity index (χ4v) is 4.88. The van der Waals surface area contributed by atoms with E-state index in [0.717, 1.165) is 5.56 Å². The SMILES string of the molecule is Cc1ccc(S(=O)(=O)N2CCCN(C(=O)CCl)[C@H]2C(C)C)cc1. The molecule has 0 saturated carbocycles. The molecule has 1 saturated heterocycles.